The number of hydrogen-bond acceptors (Lipinski definition) is 2. The zero-order chi connectivity index (χ0) is 13.8. The van der Waals surface area contributed by atoms with Gasteiger partial charge in [0.2, 0.25) is 0 Å². The van der Waals surface area contributed by atoms with Crippen molar-refractivity contribution in [1.29, 1.82) is 0 Å². The van der Waals surface area contributed by atoms with Crippen LogP contribution in [0.25, 0.3) is 0 Å². The Labute approximate surface area is 116 Å². The number of carbonyl (C=O) groups excluding carboxylic acids is 1. The molecule has 1 aliphatic rings. The largest absolute Gasteiger partial charge is 0.342 e. The van der Waals surface area contributed by atoms with Crippen LogP contribution in [0.1, 0.15) is 41.8 Å². The Morgan fingerprint density at radius 3 is 2.89 bits per heavy atom. The number of benzene rings is 1. The standard InChI is InChI=1S/C16H24N2O/c1-12(2)7-9-18(3)16(19)14-5-4-13-6-8-17-11-15(13)10-14/h4-5,10,12,17H,6-9,11H2,1-3H3. The summed E-state index contributed by atoms with van der Waals surface area (Å²) >= 11 is 0. The minimum Gasteiger partial charge on any atom is -0.342 e. The van der Waals surface area contributed by atoms with E-state index in [0.717, 1.165) is 38.0 Å². The van der Waals surface area contributed by atoms with Crippen LogP contribution in [0, 0.1) is 5.92 Å². The molecular formula is C16H24N2O. The Morgan fingerprint density at radius 1 is 1.37 bits per heavy atom. The van der Waals surface area contributed by atoms with E-state index >= 15 is 0 Å². The molecule has 0 atom stereocenters. The average molecular weight is 260 g/mol. The molecule has 1 aliphatic heterocycles. The van der Waals surface area contributed by atoms with Crippen molar-refractivity contribution < 1.29 is 4.79 Å². The molecular weight excluding hydrogens is 236 g/mol. The van der Waals surface area contributed by atoms with Crippen molar-refractivity contribution in [3.63, 3.8) is 0 Å². The summed E-state index contributed by atoms with van der Waals surface area (Å²) in [6, 6.07) is 6.13. The van der Waals surface area contributed by atoms with E-state index in [2.05, 4.69) is 31.3 Å². The molecule has 104 valence electrons. The molecule has 0 spiro atoms. The van der Waals surface area contributed by atoms with E-state index in [0.29, 0.717) is 5.92 Å². The monoisotopic (exact) mass is 260 g/mol. The van der Waals surface area contributed by atoms with Gasteiger partial charge in [-0.1, -0.05) is 19.9 Å². The van der Waals surface area contributed by atoms with Crippen molar-refractivity contribution in [2.24, 2.45) is 5.92 Å². The molecule has 1 aromatic rings. The van der Waals surface area contributed by atoms with E-state index in [4.69, 9.17) is 0 Å². The first-order valence-corrected chi connectivity index (χ1v) is 7.16. The second-order valence-corrected chi connectivity index (χ2v) is 5.82. The van der Waals surface area contributed by atoms with Gasteiger partial charge in [-0.25, -0.2) is 0 Å². The third-order valence-corrected chi connectivity index (χ3v) is 3.73. The highest BCUT2D eigenvalue weighted by Crippen LogP contribution is 2.17. The fraction of sp³-hybridized carbons (Fsp3) is 0.562. The number of nitrogens with zero attached hydrogens (tertiary/aromatic N) is 1. The Hall–Kier alpha value is -1.35. The molecule has 1 heterocycles. The Bertz CT molecular complexity index is 454. The van der Waals surface area contributed by atoms with Crippen molar-refractivity contribution in [3.8, 4) is 0 Å². The number of fused-ring (bicyclic) bond motifs is 1. The highest BCUT2D eigenvalue weighted by molar-refractivity contribution is 5.94. The molecule has 0 radical (unpaired) electrons. The van der Waals surface area contributed by atoms with Gasteiger partial charge in [-0.15, -0.1) is 0 Å². The zero-order valence-corrected chi connectivity index (χ0v) is 12.2. The SMILES string of the molecule is CC(C)CCN(C)C(=O)c1ccc2c(c1)CNCC2. The fourth-order valence-electron chi connectivity index (χ4n) is 2.39. The molecule has 3 heteroatoms. The summed E-state index contributed by atoms with van der Waals surface area (Å²) in [5.74, 6) is 0.761. The van der Waals surface area contributed by atoms with E-state index in [1.54, 1.807) is 0 Å². The molecule has 0 fully saturated rings. The van der Waals surface area contributed by atoms with E-state index in [1.807, 2.05) is 18.0 Å². The maximum absolute atomic E-state index is 12.3. The van der Waals surface area contributed by atoms with Crippen molar-refractivity contribution in [2.75, 3.05) is 20.1 Å². The van der Waals surface area contributed by atoms with Crippen LogP contribution in [0.3, 0.4) is 0 Å². The predicted octanol–water partition coefficient (Wildman–Crippen LogP) is 2.45. The first kappa shape index (κ1) is 14.1. The smallest absolute Gasteiger partial charge is 0.253 e. The molecule has 1 N–H and O–H groups in total. The van der Waals surface area contributed by atoms with E-state index < -0.39 is 0 Å². The normalized spacial score (nSPS) is 14.3. The lowest BCUT2D eigenvalue weighted by Gasteiger charge is -2.21. The van der Waals surface area contributed by atoms with Crippen molar-refractivity contribution in [3.05, 3.63) is 34.9 Å². The molecule has 0 aromatic heterocycles. The maximum Gasteiger partial charge on any atom is 0.253 e. The number of hydrogen-bond donors (Lipinski definition) is 1. The summed E-state index contributed by atoms with van der Waals surface area (Å²) in [7, 11) is 1.89. The van der Waals surface area contributed by atoms with Gasteiger partial charge in [0.15, 0.2) is 0 Å². The Kier molecular flexibility index (Phi) is 4.59. The number of amides is 1. The summed E-state index contributed by atoms with van der Waals surface area (Å²) in [5.41, 5.74) is 3.46. The average Bonchev–Trinajstić information content (AvgIpc) is 2.43. The van der Waals surface area contributed by atoms with Crippen LogP contribution in [0.2, 0.25) is 0 Å². The highest BCUT2D eigenvalue weighted by Gasteiger charge is 2.15. The Balaban J connectivity index is 2.06. The fourth-order valence-corrected chi connectivity index (χ4v) is 2.39. The second-order valence-electron chi connectivity index (χ2n) is 5.82. The lowest BCUT2D eigenvalue weighted by atomic mass is 9.98. The second kappa shape index (κ2) is 6.20. The van der Waals surface area contributed by atoms with Gasteiger partial charge in [-0.3, -0.25) is 4.79 Å². The van der Waals surface area contributed by atoms with Crippen molar-refractivity contribution in [2.45, 2.75) is 33.2 Å². The molecule has 0 aliphatic carbocycles. The Morgan fingerprint density at radius 2 is 2.16 bits per heavy atom. The minimum atomic E-state index is 0.133. The highest BCUT2D eigenvalue weighted by atomic mass is 16.2. The first-order valence-electron chi connectivity index (χ1n) is 7.16. The van der Waals surface area contributed by atoms with Crippen molar-refractivity contribution in [1.82, 2.24) is 10.2 Å². The van der Waals surface area contributed by atoms with E-state index in [1.165, 1.54) is 11.1 Å². The van der Waals surface area contributed by atoms with Crippen LogP contribution in [0.5, 0.6) is 0 Å². The molecule has 3 nitrogen and oxygen atoms in total. The van der Waals surface area contributed by atoms with Gasteiger partial charge in [0.05, 0.1) is 0 Å². The van der Waals surface area contributed by atoms with Gasteiger partial charge in [0.25, 0.3) is 5.91 Å². The zero-order valence-electron chi connectivity index (χ0n) is 12.2. The molecule has 0 unspecified atom stereocenters. The minimum absolute atomic E-state index is 0.133. The van der Waals surface area contributed by atoms with Crippen LogP contribution in [-0.4, -0.2) is 30.9 Å². The molecule has 2 rings (SSSR count). The van der Waals surface area contributed by atoms with Gasteiger partial charge in [-0.2, -0.15) is 0 Å². The molecule has 0 saturated heterocycles. The summed E-state index contributed by atoms with van der Waals surface area (Å²) in [6.45, 7) is 7.11. The van der Waals surface area contributed by atoms with Gasteiger partial charge >= 0.3 is 0 Å². The summed E-state index contributed by atoms with van der Waals surface area (Å²) < 4.78 is 0. The molecule has 19 heavy (non-hydrogen) atoms. The first-order chi connectivity index (χ1) is 9.08. The third-order valence-electron chi connectivity index (χ3n) is 3.73. The van der Waals surface area contributed by atoms with E-state index in [9.17, 15) is 4.79 Å². The number of rotatable bonds is 4. The number of nitrogens with one attached hydrogen (secondary N) is 1. The summed E-state index contributed by atoms with van der Waals surface area (Å²) in [6.07, 6.45) is 2.11. The summed E-state index contributed by atoms with van der Waals surface area (Å²) in [4.78, 5) is 14.2. The summed E-state index contributed by atoms with van der Waals surface area (Å²) in [5, 5.41) is 3.35. The van der Waals surface area contributed by atoms with Crippen LogP contribution in [-0.2, 0) is 13.0 Å². The molecule has 0 saturated carbocycles. The molecule has 1 amide bonds. The van der Waals surface area contributed by atoms with Crippen LogP contribution in [0.4, 0.5) is 0 Å². The lowest BCUT2D eigenvalue weighted by molar-refractivity contribution is 0.0789. The van der Waals surface area contributed by atoms with Gasteiger partial charge in [0.1, 0.15) is 0 Å². The van der Waals surface area contributed by atoms with Gasteiger partial charge in [0, 0.05) is 25.7 Å². The number of carbonyl (C=O) groups is 1. The molecule has 1 aromatic carbocycles. The van der Waals surface area contributed by atoms with E-state index in [-0.39, 0.29) is 5.91 Å². The topological polar surface area (TPSA) is 32.3 Å². The van der Waals surface area contributed by atoms with Gasteiger partial charge in [-0.05, 0) is 48.6 Å². The quantitative estimate of drug-likeness (QED) is 0.902. The third kappa shape index (κ3) is 3.57. The predicted molar refractivity (Wildman–Crippen MR) is 78.3 cm³/mol. The maximum atomic E-state index is 12.3. The van der Waals surface area contributed by atoms with Crippen LogP contribution < -0.4 is 5.32 Å². The lowest BCUT2D eigenvalue weighted by Crippen LogP contribution is -2.29. The van der Waals surface area contributed by atoms with Crippen molar-refractivity contribution >= 4 is 5.91 Å². The van der Waals surface area contributed by atoms with Gasteiger partial charge < -0.3 is 10.2 Å². The molecule has 0 bridgehead atoms. The van der Waals surface area contributed by atoms with Crippen LogP contribution in [0.15, 0.2) is 18.2 Å². The van der Waals surface area contributed by atoms with Crippen LogP contribution >= 0.6 is 0 Å².